The molecule has 0 aliphatic heterocycles. The fraction of sp³-hybridized carbons (Fsp3) is 0.333. The standard InChI is InChI=1S/C9H13BrN2/c1-7-2-3-8(6-9(7)10)12-5-4-11/h2-3,6,12H,4-5,11H2,1H3. The average Bonchev–Trinajstić information content (AvgIpc) is 2.07. The normalized spacial score (nSPS) is 9.92. The Morgan fingerprint density at radius 3 is 2.83 bits per heavy atom. The number of anilines is 1. The molecule has 0 aliphatic carbocycles. The molecule has 0 atom stereocenters. The van der Waals surface area contributed by atoms with Crippen molar-refractivity contribution in [3.8, 4) is 0 Å². The van der Waals surface area contributed by atoms with Gasteiger partial charge in [0.25, 0.3) is 0 Å². The van der Waals surface area contributed by atoms with E-state index in [-0.39, 0.29) is 0 Å². The van der Waals surface area contributed by atoms with Crippen LogP contribution < -0.4 is 11.1 Å². The summed E-state index contributed by atoms with van der Waals surface area (Å²) in [7, 11) is 0. The minimum Gasteiger partial charge on any atom is -0.384 e. The highest BCUT2D eigenvalue weighted by molar-refractivity contribution is 9.10. The third-order valence-corrected chi connectivity index (χ3v) is 2.50. The first-order valence-electron chi connectivity index (χ1n) is 3.94. The lowest BCUT2D eigenvalue weighted by Gasteiger charge is -2.05. The van der Waals surface area contributed by atoms with Crippen LogP contribution in [0.2, 0.25) is 0 Å². The Hall–Kier alpha value is -0.540. The van der Waals surface area contributed by atoms with Gasteiger partial charge in [-0.05, 0) is 24.6 Å². The van der Waals surface area contributed by atoms with Crippen LogP contribution in [0.25, 0.3) is 0 Å². The monoisotopic (exact) mass is 228 g/mol. The zero-order valence-electron chi connectivity index (χ0n) is 7.10. The van der Waals surface area contributed by atoms with Gasteiger partial charge in [0.15, 0.2) is 0 Å². The van der Waals surface area contributed by atoms with E-state index in [0.717, 1.165) is 16.7 Å². The van der Waals surface area contributed by atoms with Gasteiger partial charge in [0.1, 0.15) is 0 Å². The molecule has 0 fully saturated rings. The predicted molar refractivity (Wildman–Crippen MR) is 56.4 cm³/mol. The maximum Gasteiger partial charge on any atom is 0.0352 e. The lowest BCUT2D eigenvalue weighted by atomic mass is 10.2. The first-order chi connectivity index (χ1) is 5.74. The van der Waals surface area contributed by atoms with Crippen molar-refractivity contribution < 1.29 is 0 Å². The quantitative estimate of drug-likeness (QED) is 0.833. The fourth-order valence-electron chi connectivity index (χ4n) is 0.919. The van der Waals surface area contributed by atoms with Crippen LogP contribution in [0.1, 0.15) is 5.56 Å². The van der Waals surface area contributed by atoms with E-state index in [9.17, 15) is 0 Å². The molecule has 0 spiro atoms. The van der Waals surface area contributed by atoms with Gasteiger partial charge in [0.2, 0.25) is 0 Å². The summed E-state index contributed by atoms with van der Waals surface area (Å²) in [5.41, 5.74) is 7.72. The van der Waals surface area contributed by atoms with Crippen molar-refractivity contribution in [3.05, 3.63) is 28.2 Å². The Morgan fingerprint density at radius 2 is 2.25 bits per heavy atom. The van der Waals surface area contributed by atoms with Crippen LogP contribution in [0.5, 0.6) is 0 Å². The van der Waals surface area contributed by atoms with E-state index in [1.165, 1.54) is 5.56 Å². The molecule has 0 amide bonds. The van der Waals surface area contributed by atoms with Gasteiger partial charge in [0.05, 0.1) is 0 Å². The fourth-order valence-corrected chi connectivity index (χ4v) is 1.30. The van der Waals surface area contributed by atoms with Gasteiger partial charge in [-0.3, -0.25) is 0 Å². The highest BCUT2D eigenvalue weighted by Crippen LogP contribution is 2.20. The Bertz CT molecular complexity index is 261. The van der Waals surface area contributed by atoms with Crippen molar-refractivity contribution in [1.82, 2.24) is 0 Å². The number of aryl methyl sites for hydroxylation is 1. The molecule has 0 bridgehead atoms. The van der Waals surface area contributed by atoms with Gasteiger partial charge in [-0.2, -0.15) is 0 Å². The van der Waals surface area contributed by atoms with Crippen molar-refractivity contribution in [3.63, 3.8) is 0 Å². The molecule has 0 saturated carbocycles. The molecular weight excluding hydrogens is 216 g/mol. The lowest BCUT2D eigenvalue weighted by Crippen LogP contribution is -2.12. The minimum absolute atomic E-state index is 0.658. The molecule has 0 aromatic heterocycles. The predicted octanol–water partition coefficient (Wildman–Crippen LogP) is 2.13. The summed E-state index contributed by atoms with van der Waals surface area (Å²) < 4.78 is 1.13. The number of rotatable bonds is 3. The number of hydrogen-bond donors (Lipinski definition) is 2. The van der Waals surface area contributed by atoms with Gasteiger partial charge >= 0.3 is 0 Å². The van der Waals surface area contributed by atoms with Crippen LogP contribution in [0.4, 0.5) is 5.69 Å². The Morgan fingerprint density at radius 1 is 1.50 bits per heavy atom. The van der Waals surface area contributed by atoms with Crippen molar-refractivity contribution >= 4 is 21.6 Å². The van der Waals surface area contributed by atoms with E-state index >= 15 is 0 Å². The van der Waals surface area contributed by atoms with Crippen LogP contribution in [0.15, 0.2) is 22.7 Å². The van der Waals surface area contributed by atoms with Gasteiger partial charge in [-0.15, -0.1) is 0 Å². The minimum atomic E-state index is 0.658. The number of hydrogen-bond acceptors (Lipinski definition) is 2. The Kier molecular flexibility index (Phi) is 3.56. The number of nitrogens with one attached hydrogen (secondary N) is 1. The highest BCUT2D eigenvalue weighted by atomic mass is 79.9. The average molecular weight is 229 g/mol. The molecule has 1 rings (SSSR count). The number of nitrogens with two attached hydrogens (primary N) is 1. The van der Waals surface area contributed by atoms with Crippen LogP contribution >= 0.6 is 15.9 Å². The lowest BCUT2D eigenvalue weighted by molar-refractivity contribution is 1.02. The summed E-state index contributed by atoms with van der Waals surface area (Å²) in [6, 6.07) is 6.18. The van der Waals surface area contributed by atoms with Gasteiger partial charge in [0, 0.05) is 23.2 Å². The second-order valence-electron chi connectivity index (χ2n) is 2.68. The summed E-state index contributed by atoms with van der Waals surface area (Å²) in [6.45, 7) is 3.54. The molecule has 3 heteroatoms. The zero-order valence-corrected chi connectivity index (χ0v) is 8.69. The van der Waals surface area contributed by atoms with Crippen LogP contribution in [0.3, 0.4) is 0 Å². The summed E-state index contributed by atoms with van der Waals surface area (Å²) in [5, 5.41) is 3.21. The van der Waals surface area contributed by atoms with Crippen molar-refractivity contribution in [1.29, 1.82) is 0 Å². The van der Waals surface area contributed by atoms with Crippen molar-refractivity contribution in [2.75, 3.05) is 18.4 Å². The summed E-state index contributed by atoms with van der Waals surface area (Å²) in [6.07, 6.45) is 0. The maximum atomic E-state index is 5.37. The first-order valence-corrected chi connectivity index (χ1v) is 4.73. The van der Waals surface area contributed by atoms with Crippen LogP contribution in [-0.4, -0.2) is 13.1 Å². The van der Waals surface area contributed by atoms with E-state index in [1.807, 2.05) is 0 Å². The van der Waals surface area contributed by atoms with E-state index in [1.54, 1.807) is 0 Å². The third kappa shape index (κ3) is 2.50. The van der Waals surface area contributed by atoms with Crippen LogP contribution in [-0.2, 0) is 0 Å². The highest BCUT2D eigenvalue weighted by Gasteiger charge is 1.95. The molecule has 0 saturated heterocycles. The zero-order chi connectivity index (χ0) is 8.97. The van der Waals surface area contributed by atoms with E-state index < -0.39 is 0 Å². The maximum absolute atomic E-state index is 5.37. The SMILES string of the molecule is Cc1ccc(NCCN)cc1Br. The summed E-state index contributed by atoms with van der Waals surface area (Å²) in [5.74, 6) is 0. The van der Waals surface area contributed by atoms with Crippen molar-refractivity contribution in [2.45, 2.75) is 6.92 Å². The topological polar surface area (TPSA) is 38.0 Å². The molecular formula is C9H13BrN2. The van der Waals surface area contributed by atoms with E-state index in [2.05, 4.69) is 46.4 Å². The van der Waals surface area contributed by atoms with Crippen molar-refractivity contribution in [2.24, 2.45) is 5.73 Å². The third-order valence-electron chi connectivity index (χ3n) is 1.65. The first kappa shape index (κ1) is 9.55. The molecule has 0 heterocycles. The second kappa shape index (κ2) is 4.48. The Labute approximate surface area is 81.3 Å². The molecule has 3 N–H and O–H groups in total. The molecule has 66 valence electrons. The summed E-state index contributed by atoms with van der Waals surface area (Å²) in [4.78, 5) is 0. The largest absolute Gasteiger partial charge is 0.384 e. The number of halogens is 1. The summed E-state index contributed by atoms with van der Waals surface area (Å²) >= 11 is 3.47. The second-order valence-corrected chi connectivity index (χ2v) is 3.53. The van der Waals surface area contributed by atoms with Gasteiger partial charge in [-0.1, -0.05) is 22.0 Å². The molecule has 1 aromatic rings. The van der Waals surface area contributed by atoms with E-state index in [0.29, 0.717) is 6.54 Å². The molecule has 2 nitrogen and oxygen atoms in total. The molecule has 0 unspecified atom stereocenters. The van der Waals surface area contributed by atoms with Gasteiger partial charge in [-0.25, -0.2) is 0 Å². The smallest absolute Gasteiger partial charge is 0.0352 e. The molecule has 0 radical (unpaired) electrons. The van der Waals surface area contributed by atoms with E-state index in [4.69, 9.17) is 5.73 Å². The molecule has 0 aliphatic rings. The molecule has 1 aromatic carbocycles. The van der Waals surface area contributed by atoms with Gasteiger partial charge < -0.3 is 11.1 Å². The molecule has 12 heavy (non-hydrogen) atoms. The number of benzene rings is 1. The van der Waals surface area contributed by atoms with Crippen LogP contribution in [0, 0.1) is 6.92 Å². The Balaban J connectivity index is 2.69.